The lowest BCUT2D eigenvalue weighted by Crippen LogP contribution is -2.31. The standard InChI is InChI=1S/C14H13BF2O4/c1-20-13-4-2-3-9(14(13)17)8-21-12-6-5-10(16)7-11(12)15(18)19/h2-7,18-19H,8H2,1H3. The maximum Gasteiger partial charge on any atom is 0.492 e. The zero-order valence-electron chi connectivity index (χ0n) is 11.2. The highest BCUT2D eigenvalue weighted by atomic mass is 19.1. The number of hydrogen-bond donors (Lipinski definition) is 2. The molecule has 0 atom stereocenters. The van der Waals surface area contributed by atoms with E-state index in [1.54, 1.807) is 6.07 Å². The van der Waals surface area contributed by atoms with E-state index in [0.717, 1.165) is 12.1 Å². The molecular weight excluding hydrogens is 281 g/mol. The van der Waals surface area contributed by atoms with Crippen LogP contribution in [0, 0.1) is 11.6 Å². The van der Waals surface area contributed by atoms with Crippen LogP contribution in [-0.4, -0.2) is 24.3 Å². The Bertz CT molecular complexity index is 634. The van der Waals surface area contributed by atoms with Crippen molar-refractivity contribution in [3.05, 3.63) is 53.6 Å². The van der Waals surface area contributed by atoms with Crippen molar-refractivity contribution in [3.8, 4) is 11.5 Å². The van der Waals surface area contributed by atoms with Crippen LogP contribution >= 0.6 is 0 Å². The van der Waals surface area contributed by atoms with Gasteiger partial charge in [-0.15, -0.1) is 0 Å². The SMILES string of the molecule is COc1cccc(COc2ccc(F)cc2B(O)O)c1F. The van der Waals surface area contributed by atoms with Gasteiger partial charge in [0.25, 0.3) is 0 Å². The van der Waals surface area contributed by atoms with Crippen LogP contribution in [-0.2, 0) is 6.61 Å². The summed E-state index contributed by atoms with van der Waals surface area (Å²) < 4.78 is 37.2. The molecule has 0 unspecified atom stereocenters. The van der Waals surface area contributed by atoms with E-state index in [-0.39, 0.29) is 29.1 Å². The fourth-order valence-electron chi connectivity index (χ4n) is 1.83. The topological polar surface area (TPSA) is 58.9 Å². The molecule has 0 aliphatic carbocycles. The van der Waals surface area contributed by atoms with Crippen LogP contribution < -0.4 is 14.9 Å². The summed E-state index contributed by atoms with van der Waals surface area (Å²) in [5.41, 5.74) is 0.107. The molecule has 0 saturated carbocycles. The van der Waals surface area contributed by atoms with Crippen LogP contribution in [0.5, 0.6) is 11.5 Å². The highest BCUT2D eigenvalue weighted by Crippen LogP contribution is 2.21. The van der Waals surface area contributed by atoms with E-state index >= 15 is 0 Å². The summed E-state index contributed by atoms with van der Waals surface area (Å²) in [4.78, 5) is 0. The highest BCUT2D eigenvalue weighted by Gasteiger charge is 2.19. The summed E-state index contributed by atoms with van der Waals surface area (Å²) in [6.45, 7) is -0.158. The first kappa shape index (κ1) is 15.3. The lowest BCUT2D eigenvalue weighted by molar-refractivity contribution is 0.296. The third kappa shape index (κ3) is 3.50. The molecule has 2 N–H and O–H groups in total. The molecule has 21 heavy (non-hydrogen) atoms. The maximum absolute atomic E-state index is 13.9. The second-order valence-electron chi connectivity index (χ2n) is 4.28. The van der Waals surface area contributed by atoms with Crippen molar-refractivity contribution >= 4 is 12.6 Å². The molecule has 7 heteroatoms. The van der Waals surface area contributed by atoms with E-state index in [4.69, 9.17) is 9.47 Å². The largest absolute Gasteiger partial charge is 0.494 e. The van der Waals surface area contributed by atoms with E-state index in [1.165, 1.54) is 25.3 Å². The van der Waals surface area contributed by atoms with Gasteiger partial charge in [0.1, 0.15) is 18.2 Å². The van der Waals surface area contributed by atoms with Crippen molar-refractivity contribution in [2.45, 2.75) is 6.61 Å². The molecule has 0 aliphatic rings. The molecular formula is C14H13BF2O4. The molecule has 0 amide bonds. The minimum atomic E-state index is -1.88. The van der Waals surface area contributed by atoms with Crippen LogP contribution in [0.4, 0.5) is 8.78 Å². The van der Waals surface area contributed by atoms with E-state index in [9.17, 15) is 18.8 Å². The second kappa shape index (κ2) is 6.56. The average Bonchev–Trinajstić information content (AvgIpc) is 2.47. The molecule has 0 radical (unpaired) electrons. The predicted molar refractivity (Wildman–Crippen MR) is 73.5 cm³/mol. The molecule has 0 bridgehead atoms. The first-order valence-corrected chi connectivity index (χ1v) is 6.12. The van der Waals surface area contributed by atoms with Gasteiger partial charge in [0.15, 0.2) is 11.6 Å². The van der Waals surface area contributed by atoms with Gasteiger partial charge in [-0.05, 0) is 24.3 Å². The third-order valence-electron chi connectivity index (χ3n) is 2.90. The van der Waals surface area contributed by atoms with Crippen LogP contribution in [0.25, 0.3) is 0 Å². The lowest BCUT2D eigenvalue weighted by Gasteiger charge is -2.12. The van der Waals surface area contributed by atoms with Crippen LogP contribution in [0.1, 0.15) is 5.56 Å². The Morgan fingerprint density at radius 1 is 1.10 bits per heavy atom. The molecule has 0 spiro atoms. The Morgan fingerprint density at radius 3 is 2.52 bits per heavy atom. The first-order valence-electron chi connectivity index (χ1n) is 6.12. The minimum absolute atomic E-state index is 0.0635. The number of hydrogen-bond acceptors (Lipinski definition) is 4. The van der Waals surface area contributed by atoms with Crippen LogP contribution in [0.2, 0.25) is 0 Å². The molecule has 0 aliphatic heterocycles. The Hall–Kier alpha value is -2.12. The van der Waals surface area contributed by atoms with Crippen molar-refractivity contribution < 1.29 is 28.3 Å². The minimum Gasteiger partial charge on any atom is -0.494 e. The van der Waals surface area contributed by atoms with Gasteiger partial charge in [0, 0.05) is 11.0 Å². The molecule has 2 rings (SSSR count). The average molecular weight is 294 g/mol. The number of benzene rings is 2. The molecule has 0 aromatic heterocycles. The van der Waals surface area contributed by atoms with Crippen molar-refractivity contribution in [1.82, 2.24) is 0 Å². The maximum atomic E-state index is 13.9. The highest BCUT2D eigenvalue weighted by molar-refractivity contribution is 6.59. The lowest BCUT2D eigenvalue weighted by atomic mass is 9.79. The quantitative estimate of drug-likeness (QED) is 0.814. The van der Waals surface area contributed by atoms with Gasteiger partial charge in [-0.3, -0.25) is 0 Å². The van der Waals surface area contributed by atoms with Crippen LogP contribution in [0.15, 0.2) is 36.4 Å². The monoisotopic (exact) mass is 294 g/mol. The van der Waals surface area contributed by atoms with Crippen molar-refractivity contribution in [1.29, 1.82) is 0 Å². The first-order chi connectivity index (χ1) is 10.0. The molecule has 110 valence electrons. The van der Waals surface area contributed by atoms with Gasteiger partial charge in [0.2, 0.25) is 0 Å². The van der Waals surface area contributed by atoms with E-state index in [0.29, 0.717) is 0 Å². The number of methoxy groups -OCH3 is 1. The number of rotatable bonds is 5. The van der Waals surface area contributed by atoms with Gasteiger partial charge < -0.3 is 19.5 Å². The Labute approximate surface area is 120 Å². The Kier molecular flexibility index (Phi) is 4.77. The molecule has 4 nitrogen and oxygen atoms in total. The molecule has 2 aromatic rings. The molecule has 2 aromatic carbocycles. The van der Waals surface area contributed by atoms with Gasteiger partial charge in [-0.2, -0.15) is 0 Å². The summed E-state index contributed by atoms with van der Waals surface area (Å²) in [6, 6.07) is 7.90. The Balaban J connectivity index is 2.21. The molecule has 0 heterocycles. The summed E-state index contributed by atoms with van der Waals surface area (Å²) >= 11 is 0. The van der Waals surface area contributed by atoms with Crippen LogP contribution in [0.3, 0.4) is 0 Å². The van der Waals surface area contributed by atoms with E-state index in [2.05, 4.69) is 0 Å². The predicted octanol–water partition coefficient (Wildman–Crippen LogP) is 1.23. The van der Waals surface area contributed by atoms with Crippen molar-refractivity contribution in [2.75, 3.05) is 7.11 Å². The summed E-state index contributed by atoms with van der Waals surface area (Å²) in [5, 5.41) is 18.4. The summed E-state index contributed by atoms with van der Waals surface area (Å²) in [7, 11) is -0.533. The molecule has 0 saturated heterocycles. The number of ether oxygens (including phenoxy) is 2. The van der Waals surface area contributed by atoms with Gasteiger partial charge >= 0.3 is 7.12 Å². The summed E-state index contributed by atoms with van der Waals surface area (Å²) in [6.07, 6.45) is 0. The third-order valence-corrected chi connectivity index (χ3v) is 2.90. The van der Waals surface area contributed by atoms with Gasteiger partial charge in [-0.25, -0.2) is 8.78 Å². The summed E-state index contributed by atoms with van der Waals surface area (Å²) in [5.74, 6) is -1.04. The second-order valence-corrected chi connectivity index (χ2v) is 4.28. The van der Waals surface area contributed by atoms with E-state index < -0.39 is 18.8 Å². The fourth-order valence-corrected chi connectivity index (χ4v) is 1.83. The van der Waals surface area contributed by atoms with Crippen molar-refractivity contribution in [2.24, 2.45) is 0 Å². The van der Waals surface area contributed by atoms with Crippen molar-refractivity contribution in [3.63, 3.8) is 0 Å². The number of halogens is 2. The zero-order chi connectivity index (χ0) is 15.4. The molecule has 0 fully saturated rings. The fraction of sp³-hybridized carbons (Fsp3) is 0.143. The smallest absolute Gasteiger partial charge is 0.492 e. The Morgan fingerprint density at radius 2 is 1.86 bits per heavy atom. The van der Waals surface area contributed by atoms with Gasteiger partial charge in [0.05, 0.1) is 7.11 Å². The zero-order valence-corrected chi connectivity index (χ0v) is 11.2. The van der Waals surface area contributed by atoms with E-state index in [1.807, 2.05) is 0 Å². The normalized spacial score (nSPS) is 10.3. The van der Waals surface area contributed by atoms with Gasteiger partial charge in [-0.1, -0.05) is 12.1 Å².